The zero-order chi connectivity index (χ0) is 14.9. The van der Waals surface area contributed by atoms with Gasteiger partial charge in [-0.2, -0.15) is 0 Å². The fourth-order valence-corrected chi connectivity index (χ4v) is 3.93. The van der Waals surface area contributed by atoms with Gasteiger partial charge in [-0.15, -0.1) is 11.6 Å². The van der Waals surface area contributed by atoms with E-state index in [1.165, 1.54) is 25.7 Å². The van der Waals surface area contributed by atoms with E-state index in [1.807, 2.05) is 18.2 Å². The highest BCUT2D eigenvalue weighted by molar-refractivity contribution is 6.42. The van der Waals surface area contributed by atoms with Gasteiger partial charge in [0, 0.05) is 0 Å². The monoisotopic (exact) mass is 332 g/mol. The van der Waals surface area contributed by atoms with Crippen LogP contribution in [0.15, 0.2) is 18.2 Å². The van der Waals surface area contributed by atoms with Gasteiger partial charge in [-0.3, -0.25) is 0 Å². The molecule has 1 aromatic carbocycles. The largest absolute Gasteiger partial charge is 0.118 e. The highest BCUT2D eigenvalue weighted by atomic mass is 35.5. The molecule has 0 radical (unpaired) electrons. The van der Waals surface area contributed by atoms with Gasteiger partial charge in [0.15, 0.2) is 0 Å². The van der Waals surface area contributed by atoms with E-state index < -0.39 is 0 Å². The van der Waals surface area contributed by atoms with Crippen LogP contribution in [0, 0.1) is 17.3 Å². The van der Waals surface area contributed by atoms with E-state index in [9.17, 15) is 0 Å². The van der Waals surface area contributed by atoms with Crippen molar-refractivity contribution in [2.24, 2.45) is 17.3 Å². The van der Waals surface area contributed by atoms with E-state index in [4.69, 9.17) is 34.8 Å². The molecule has 1 unspecified atom stereocenters. The van der Waals surface area contributed by atoms with Crippen molar-refractivity contribution in [3.8, 4) is 0 Å². The summed E-state index contributed by atoms with van der Waals surface area (Å²) in [5, 5.41) is 1.24. The van der Waals surface area contributed by atoms with Crippen LogP contribution < -0.4 is 0 Å². The van der Waals surface area contributed by atoms with E-state index in [0.717, 1.165) is 11.5 Å². The molecular weight excluding hydrogens is 311 g/mol. The molecule has 0 saturated heterocycles. The third-order valence-corrected chi connectivity index (χ3v) is 6.02. The fourth-order valence-electron chi connectivity index (χ4n) is 3.23. The van der Waals surface area contributed by atoms with Gasteiger partial charge in [-0.1, -0.05) is 50.0 Å². The van der Waals surface area contributed by atoms with Crippen LogP contribution in [-0.2, 0) is 0 Å². The molecule has 0 N–H and O–H groups in total. The SMILES string of the molecule is CC(C)(C)C1CCC(C(Cl)c2ccc(Cl)c(Cl)c2)CC1. The van der Waals surface area contributed by atoms with Gasteiger partial charge in [0.05, 0.1) is 15.4 Å². The minimum absolute atomic E-state index is 0.0469. The van der Waals surface area contributed by atoms with Crippen LogP contribution in [0.2, 0.25) is 10.0 Å². The molecule has 1 aliphatic carbocycles. The predicted molar refractivity (Wildman–Crippen MR) is 90.0 cm³/mol. The Labute approximate surface area is 137 Å². The van der Waals surface area contributed by atoms with Crippen LogP contribution in [0.5, 0.6) is 0 Å². The fraction of sp³-hybridized carbons (Fsp3) is 0.647. The Morgan fingerprint density at radius 3 is 2.10 bits per heavy atom. The number of rotatable bonds is 2. The average molecular weight is 334 g/mol. The summed E-state index contributed by atoms with van der Waals surface area (Å²) >= 11 is 18.7. The Morgan fingerprint density at radius 2 is 1.60 bits per heavy atom. The van der Waals surface area contributed by atoms with Crippen LogP contribution in [0.25, 0.3) is 0 Å². The molecule has 1 aliphatic rings. The smallest absolute Gasteiger partial charge is 0.0613 e. The zero-order valence-electron chi connectivity index (χ0n) is 12.4. The summed E-state index contributed by atoms with van der Waals surface area (Å²) in [7, 11) is 0. The third kappa shape index (κ3) is 3.84. The lowest BCUT2D eigenvalue weighted by atomic mass is 9.69. The molecule has 20 heavy (non-hydrogen) atoms. The first kappa shape index (κ1) is 16.5. The van der Waals surface area contributed by atoms with Crippen LogP contribution in [-0.4, -0.2) is 0 Å². The van der Waals surface area contributed by atoms with Crippen molar-refractivity contribution in [2.75, 3.05) is 0 Å². The molecule has 0 amide bonds. The second-order valence-corrected chi connectivity index (χ2v) is 8.34. The summed E-state index contributed by atoms with van der Waals surface area (Å²) < 4.78 is 0. The third-order valence-electron chi connectivity index (χ3n) is 4.67. The van der Waals surface area contributed by atoms with Gasteiger partial charge in [0.1, 0.15) is 0 Å². The Balaban J connectivity index is 2.01. The van der Waals surface area contributed by atoms with E-state index in [1.54, 1.807) is 0 Å². The van der Waals surface area contributed by atoms with Gasteiger partial charge in [-0.05, 0) is 60.6 Å². The van der Waals surface area contributed by atoms with Crippen LogP contribution in [0.3, 0.4) is 0 Å². The summed E-state index contributed by atoms with van der Waals surface area (Å²) in [5.41, 5.74) is 1.51. The second kappa shape index (κ2) is 6.46. The molecule has 0 aromatic heterocycles. The first-order chi connectivity index (χ1) is 9.29. The molecule has 1 aromatic rings. The van der Waals surface area contributed by atoms with E-state index >= 15 is 0 Å². The van der Waals surface area contributed by atoms with Crippen molar-refractivity contribution in [3.05, 3.63) is 33.8 Å². The minimum Gasteiger partial charge on any atom is -0.118 e. The van der Waals surface area contributed by atoms with Crippen molar-refractivity contribution in [2.45, 2.75) is 51.8 Å². The van der Waals surface area contributed by atoms with Crippen molar-refractivity contribution in [1.29, 1.82) is 0 Å². The number of benzene rings is 1. The summed E-state index contributed by atoms with van der Waals surface area (Å²) in [6.07, 6.45) is 4.96. The summed E-state index contributed by atoms with van der Waals surface area (Å²) in [6.45, 7) is 7.03. The van der Waals surface area contributed by atoms with Crippen LogP contribution in [0.1, 0.15) is 57.4 Å². The molecular formula is C17H23Cl3. The maximum atomic E-state index is 6.67. The maximum absolute atomic E-state index is 6.67. The van der Waals surface area contributed by atoms with E-state index in [2.05, 4.69) is 20.8 Å². The lowest BCUT2D eigenvalue weighted by Crippen LogP contribution is -2.27. The summed E-state index contributed by atoms with van der Waals surface area (Å²) in [5.74, 6) is 1.36. The quantitative estimate of drug-likeness (QED) is 0.505. The molecule has 0 spiro atoms. The first-order valence-electron chi connectivity index (χ1n) is 7.38. The molecule has 1 atom stereocenters. The highest BCUT2D eigenvalue weighted by Crippen LogP contribution is 2.45. The van der Waals surface area contributed by atoms with E-state index in [-0.39, 0.29) is 5.38 Å². The standard InChI is InChI=1S/C17H23Cl3/c1-17(2,3)13-7-4-11(5-8-13)16(20)12-6-9-14(18)15(19)10-12/h6,9-11,13,16H,4-5,7-8H2,1-3H3. The average Bonchev–Trinajstić information content (AvgIpc) is 2.40. The Bertz CT molecular complexity index is 454. The second-order valence-electron chi connectivity index (χ2n) is 7.05. The van der Waals surface area contributed by atoms with Crippen LogP contribution >= 0.6 is 34.8 Å². The molecule has 1 fully saturated rings. The van der Waals surface area contributed by atoms with Crippen LogP contribution in [0.4, 0.5) is 0 Å². The van der Waals surface area contributed by atoms with Gasteiger partial charge >= 0.3 is 0 Å². The number of alkyl halides is 1. The maximum Gasteiger partial charge on any atom is 0.0613 e. The Morgan fingerprint density at radius 1 is 1.00 bits per heavy atom. The van der Waals surface area contributed by atoms with Gasteiger partial charge < -0.3 is 0 Å². The molecule has 112 valence electrons. The summed E-state index contributed by atoms with van der Waals surface area (Å²) in [6, 6.07) is 5.76. The Hall–Kier alpha value is 0.0900. The molecule has 3 heteroatoms. The molecule has 0 aliphatic heterocycles. The van der Waals surface area contributed by atoms with Crippen molar-refractivity contribution in [3.63, 3.8) is 0 Å². The van der Waals surface area contributed by atoms with Gasteiger partial charge in [0.25, 0.3) is 0 Å². The number of halogens is 3. The molecule has 2 rings (SSSR count). The molecule has 1 saturated carbocycles. The summed E-state index contributed by atoms with van der Waals surface area (Å²) in [4.78, 5) is 0. The highest BCUT2D eigenvalue weighted by Gasteiger charge is 2.32. The van der Waals surface area contributed by atoms with Crippen molar-refractivity contribution < 1.29 is 0 Å². The first-order valence-corrected chi connectivity index (χ1v) is 8.57. The van der Waals surface area contributed by atoms with Crippen molar-refractivity contribution >= 4 is 34.8 Å². The van der Waals surface area contributed by atoms with Crippen molar-refractivity contribution in [1.82, 2.24) is 0 Å². The van der Waals surface area contributed by atoms with E-state index in [0.29, 0.717) is 21.4 Å². The number of hydrogen-bond acceptors (Lipinski definition) is 0. The lowest BCUT2D eigenvalue weighted by molar-refractivity contribution is 0.148. The van der Waals surface area contributed by atoms with Gasteiger partial charge in [-0.25, -0.2) is 0 Å². The molecule has 0 heterocycles. The topological polar surface area (TPSA) is 0 Å². The Kier molecular flexibility index (Phi) is 5.32. The zero-order valence-corrected chi connectivity index (χ0v) is 14.7. The number of hydrogen-bond donors (Lipinski definition) is 0. The van der Waals surface area contributed by atoms with Gasteiger partial charge in [0.2, 0.25) is 0 Å². The molecule has 0 bridgehead atoms. The normalized spacial score (nSPS) is 25.5. The molecule has 0 nitrogen and oxygen atoms in total. The minimum atomic E-state index is 0.0469. The lowest BCUT2D eigenvalue weighted by Gasteiger charge is -2.38. The predicted octanol–water partition coefficient (Wildman–Crippen LogP) is 7.13.